The van der Waals surface area contributed by atoms with Crippen LogP contribution in [0.2, 0.25) is 0 Å². The van der Waals surface area contributed by atoms with E-state index in [1.54, 1.807) is 6.20 Å². The lowest BCUT2D eigenvalue weighted by atomic mass is 9.85. The minimum Gasteiger partial charge on any atom is -0.406 e. The molecule has 0 saturated heterocycles. The van der Waals surface area contributed by atoms with Crippen molar-refractivity contribution in [2.24, 2.45) is 32.9 Å². The summed E-state index contributed by atoms with van der Waals surface area (Å²) < 4.78 is 83.6. The van der Waals surface area contributed by atoms with Crippen LogP contribution in [0.25, 0.3) is 16.7 Å². The molecule has 308 valence electrons. The summed E-state index contributed by atoms with van der Waals surface area (Å²) in [6, 6.07) is 10.5. The zero-order chi connectivity index (χ0) is 42.1. The average Bonchev–Trinajstić information content (AvgIpc) is 3.48. The Kier molecular flexibility index (Phi) is 15.0. The van der Waals surface area contributed by atoms with Crippen LogP contribution in [0, 0.1) is 0 Å². The van der Waals surface area contributed by atoms with Gasteiger partial charge in [-0.2, -0.15) is 18.2 Å². The zero-order valence-corrected chi connectivity index (χ0v) is 32.4. The Hall–Kier alpha value is -5.26. The third-order valence-electron chi connectivity index (χ3n) is 8.36. The van der Waals surface area contributed by atoms with Crippen LogP contribution >= 0.6 is 0 Å². The predicted octanol–water partition coefficient (Wildman–Crippen LogP) is 6.35. The van der Waals surface area contributed by atoms with Crippen LogP contribution in [0.3, 0.4) is 0 Å². The van der Waals surface area contributed by atoms with Crippen molar-refractivity contribution in [2.75, 3.05) is 19.6 Å². The quantitative estimate of drug-likeness (QED) is 0.0389. The van der Waals surface area contributed by atoms with Crippen LogP contribution in [0.4, 0.5) is 26.3 Å². The van der Waals surface area contributed by atoms with Gasteiger partial charge in [-0.25, -0.2) is 4.79 Å². The lowest BCUT2D eigenvalue weighted by molar-refractivity contribution is -0.274. The molecule has 0 spiro atoms. The fraction of sp³-hybridized carbons (Fsp3) is 0.474. The second-order valence-electron chi connectivity index (χ2n) is 15.2. The smallest absolute Gasteiger partial charge is 0.406 e. The standard InChI is InChI=1S/C22H28F3N7O.C16H24F3N3O/c1-21(2,3)16-11-14-12-32(20(33)31-18(14)30-16)15-7-5-13(6-8-15)17(22(23,24)25)28-9-4-10-29-19(26)27;1-15(2,3)12-8-11(6-4-5-7-22-14(20)21)9-13(10-12)23-16(17,18)19/h5-8,11-12,17,28H,4,9-10H2,1-3H3,(H4,26,27,29)(H,30,31,33);8-10H,4-7H2,1-3H3,(H4,20,21,22). The Labute approximate surface area is 321 Å². The highest BCUT2D eigenvalue weighted by atomic mass is 19.4. The van der Waals surface area contributed by atoms with E-state index < -0.39 is 24.3 Å². The highest BCUT2D eigenvalue weighted by Gasteiger charge is 2.40. The van der Waals surface area contributed by atoms with Gasteiger partial charge < -0.3 is 38.0 Å². The fourth-order valence-electron chi connectivity index (χ4n) is 5.45. The van der Waals surface area contributed by atoms with E-state index in [0.717, 1.165) is 35.0 Å². The molecular formula is C38H52F6N10O2. The van der Waals surface area contributed by atoms with E-state index in [4.69, 9.17) is 22.9 Å². The van der Waals surface area contributed by atoms with Crippen molar-refractivity contribution in [3.63, 3.8) is 0 Å². The van der Waals surface area contributed by atoms with Crippen LogP contribution in [-0.4, -0.2) is 58.6 Å². The van der Waals surface area contributed by atoms with Gasteiger partial charge in [-0.3, -0.25) is 14.6 Å². The summed E-state index contributed by atoms with van der Waals surface area (Å²) in [5.74, 6) is -0.236. The first-order chi connectivity index (χ1) is 25.8. The zero-order valence-electron chi connectivity index (χ0n) is 32.4. The molecule has 2 aromatic carbocycles. The molecule has 0 aliphatic carbocycles. The monoisotopic (exact) mass is 794 g/mol. The molecule has 10 N–H and O–H groups in total. The summed E-state index contributed by atoms with van der Waals surface area (Å²) in [5, 5.41) is 3.24. The predicted molar refractivity (Wildman–Crippen MR) is 208 cm³/mol. The van der Waals surface area contributed by atoms with Crippen LogP contribution in [0.1, 0.15) is 89.2 Å². The maximum absolute atomic E-state index is 13.6. The van der Waals surface area contributed by atoms with Crippen LogP contribution < -0.4 is 38.7 Å². The lowest BCUT2D eigenvalue weighted by Crippen LogP contribution is -2.35. The summed E-state index contributed by atoms with van der Waals surface area (Å²) >= 11 is 0. The molecule has 0 fully saturated rings. The van der Waals surface area contributed by atoms with Crippen molar-refractivity contribution in [1.82, 2.24) is 19.9 Å². The number of hydrogen-bond acceptors (Lipinski definition) is 6. The molecule has 18 heteroatoms. The number of nitrogens with zero attached hydrogens (tertiary/aromatic N) is 4. The van der Waals surface area contributed by atoms with E-state index in [9.17, 15) is 31.1 Å². The van der Waals surface area contributed by atoms with Crippen molar-refractivity contribution in [3.8, 4) is 11.4 Å². The molecule has 2 heterocycles. The number of hydrogen-bond donors (Lipinski definition) is 6. The van der Waals surface area contributed by atoms with Crippen LogP contribution in [-0.2, 0) is 17.3 Å². The summed E-state index contributed by atoms with van der Waals surface area (Å²) in [4.78, 5) is 27.4. The van der Waals surface area contributed by atoms with E-state index in [0.29, 0.717) is 30.7 Å². The second-order valence-corrected chi connectivity index (χ2v) is 15.2. The molecule has 0 saturated carbocycles. The number of aromatic amines is 1. The van der Waals surface area contributed by atoms with Gasteiger partial charge in [0.2, 0.25) is 0 Å². The number of guanidine groups is 2. The molecule has 2 aromatic heterocycles. The maximum atomic E-state index is 13.6. The third kappa shape index (κ3) is 14.4. The second kappa shape index (κ2) is 18.6. The molecule has 56 heavy (non-hydrogen) atoms. The van der Waals surface area contributed by atoms with E-state index in [2.05, 4.69) is 30.0 Å². The number of halogens is 6. The number of aryl methyl sites for hydroxylation is 1. The highest BCUT2D eigenvalue weighted by Crippen LogP contribution is 2.34. The number of fused-ring (bicyclic) bond motifs is 1. The highest BCUT2D eigenvalue weighted by molar-refractivity contribution is 5.76. The molecule has 0 aliphatic rings. The van der Waals surface area contributed by atoms with Gasteiger partial charge in [0, 0.05) is 35.8 Å². The number of benzene rings is 2. The van der Waals surface area contributed by atoms with Gasteiger partial charge in [-0.1, -0.05) is 59.7 Å². The van der Waals surface area contributed by atoms with E-state index in [1.165, 1.54) is 41.0 Å². The van der Waals surface area contributed by atoms with Crippen LogP contribution in [0.5, 0.6) is 5.75 Å². The fourth-order valence-corrected chi connectivity index (χ4v) is 5.45. The van der Waals surface area contributed by atoms with E-state index >= 15 is 0 Å². The Morgan fingerprint density at radius 3 is 1.98 bits per heavy atom. The van der Waals surface area contributed by atoms with Gasteiger partial charge in [0.05, 0.1) is 5.69 Å². The molecule has 0 amide bonds. The molecule has 0 bridgehead atoms. The average molecular weight is 795 g/mol. The maximum Gasteiger partial charge on any atom is 0.573 e. The number of unbranched alkanes of at least 4 members (excludes halogenated alkanes) is 1. The summed E-state index contributed by atoms with van der Waals surface area (Å²) in [6.07, 6.45) is -5.04. The number of nitrogens with one attached hydrogen (secondary N) is 2. The van der Waals surface area contributed by atoms with Crippen molar-refractivity contribution >= 4 is 23.0 Å². The van der Waals surface area contributed by atoms with Gasteiger partial charge in [0.1, 0.15) is 17.4 Å². The Balaban J connectivity index is 0.000000322. The van der Waals surface area contributed by atoms with Gasteiger partial charge >= 0.3 is 18.2 Å². The number of aliphatic imine (C=N–C) groups is 2. The number of nitrogens with two attached hydrogens (primary N) is 4. The third-order valence-corrected chi connectivity index (χ3v) is 8.36. The van der Waals surface area contributed by atoms with Crippen molar-refractivity contribution in [3.05, 3.63) is 87.6 Å². The largest absolute Gasteiger partial charge is 0.573 e. The number of alkyl halides is 6. The Morgan fingerprint density at radius 2 is 1.45 bits per heavy atom. The van der Waals surface area contributed by atoms with Crippen LogP contribution in [0.15, 0.2) is 69.5 Å². The molecule has 4 rings (SSSR count). The van der Waals surface area contributed by atoms with Crippen molar-refractivity contribution in [1.29, 1.82) is 0 Å². The summed E-state index contributed by atoms with van der Waals surface area (Å²) in [5.41, 5.74) is 23.4. The van der Waals surface area contributed by atoms with Gasteiger partial charge in [0.25, 0.3) is 0 Å². The Bertz CT molecular complexity index is 2000. The minimum absolute atomic E-state index is 0.0341. The number of rotatable bonds is 13. The number of ether oxygens (including phenoxy) is 1. The summed E-state index contributed by atoms with van der Waals surface area (Å²) in [6.45, 7) is 12.8. The topological polar surface area (TPSA) is 201 Å². The van der Waals surface area contributed by atoms with E-state index in [-0.39, 0.29) is 47.2 Å². The molecule has 4 aromatic rings. The first-order valence-corrected chi connectivity index (χ1v) is 17.9. The molecule has 12 nitrogen and oxygen atoms in total. The molecular weight excluding hydrogens is 742 g/mol. The molecule has 1 unspecified atom stereocenters. The van der Waals surface area contributed by atoms with Crippen molar-refractivity contribution < 1.29 is 31.1 Å². The van der Waals surface area contributed by atoms with Gasteiger partial charge in [0.15, 0.2) is 11.9 Å². The number of H-pyrrole nitrogens is 1. The normalized spacial score (nSPS) is 12.8. The van der Waals surface area contributed by atoms with Gasteiger partial charge in [-0.05, 0) is 84.7 Å². The molecule has 0 aliphatic heterocycles. The SMILES string of the molecule is CC(C)(C)c1cc(CCCCN=C(N)N)cc(OC(F)(F)F)c1.CC(C)(C)c1cc2cn(-c3ccc(C(NCCCN=C(N)N)C(F)(F)F)cc3)c(=O)nc2[nH]1. The first-order valence-electron chi connectivity index (χ1n) is 17.9. The van der Waals surface area contributed by atoms with Crippen molar-refractivity contribution in [2.45, 2.75) is 96.6 Å². The Morgan fingerprint density at radius 1 is 0.839 bits per heavy atom. The molecule has 1 atom stereocenters. The number of aromatic nitrogens is 3. The first kappa shape index (κ1) is 45.1. The molecule has 0 radical (unpaired) electrons. The van der Waals surface area contributed by atoms with Gasteiger partial charge in [-0.15, -0.1) is 13.2 Å². The van der Waals surface area contributed by atoms with E-state index in [1.807, 2.05) is 53.7 Å². The summed E-state index contributed by atoms with van der Waals surface area (Å²) in [7, 11) is 0. The lowest BCUT2D eigenvalue weighted by Gasteiger charge is -2.22. The minimum atomic E-state index is -4.69.